The second-order valence-corrected chi connectivity index (χ2v) is 7.93. The van der Waals surface area contributed by atoms with Gasteiger partial charge < -0.3 is 24.4 Å². The van der Waals surface area contributed by atoms with Gasteiger partial charge in [0.15, 0.2) is 11.5 Å². The van der Waals surface area contributed by atoms with Crippen LogP contribution in [-0.4, -0.2) is 39.7 Å². The van der Waals surface area contributed by atoms with E-state index in [1.54, 1.807) is 12.1 Å². The minimum atomic E-state index is -0.281. The van der Waals surface area contributed by atoms with Gasteiger partial charge in [-0.05, 0) is 55.2 Å². The van der Waals surface area contributed by atoms with Crippen LogP contribution in [0.4, 0.5) is 11.4 Å². The van der Waals surface area contributed by atoms with Crippen LogP contribution < -0.4 is 24.4 Å². The van der Waals surface area contributed by atoms with Crippen molar-refractivity contribution in [2.75, 3.05) is 38.1 Å². The van der Waals surface area contributed by atoms with E-state index < -0.39 is 0 Å². The molecule has 2 aromatic rings. The molecule has 1 heterocycles. The Hall–Kier alpha value is -3.22. The van der Waals surface area contributed by atoms with Gasteiger partial charge in [-0.2, -0.15) is 0 Å². The number of nitrogens with zero attached hydrogens (tertiary/aromatic N) is 1. The molecule has 0 spiro atoms. The summed E-state index contributed by atoms with van der Waals surface area (Å²) in [5.74, 6) is 1.39. The molecule has 1 aliphatic heterocycles. The average Bonchev–Trinajstić information content (AvgIpc) is 3.47. The van der Waals surface area contributed by atoms with Crippen molar-refractivity contribution < 1.29 is 23.8 Å². The summed E-state index contributed by atoms with van der Waals surface area (Å²) in [6, 6.07) is 8.96. The second-order valence-electron chi connectivity index (χ2n) is 7.93. The molecule has 0 radical (unpaired) electrons. The zero-order chi connectivity index (χ0) is 22.0. The van der Waals surface area contributed by atoms with Gasteiger partial charge in [-0.25, -0.2) is 0 Å². The van der Waals surface area contributed by atoms with Crippen molar-refractivity contribution in [1.29, 1.82) is 0 Å². The molecule has 164 valence electrons. The lowest BCUT2D eigenvalue weighted by atomic mass is 10.1. The van der Waals surface area contributed by atoms with E-state index in [0.29, 0.717) is 35.0 Å². The van der Waals surface area contributed by atoms with E-state index in [-0.39, 0.29) is 17.7 Å². The summed E-state index contributed by atoms with van der Waals surface area (Å²) in [5.41, 5.74) is 3.12. The average molecular weight is 424 g/mol. The van der Waals surface area contributed by atoms with Gasteiger partial charge >= 0.3 is 0 Å². The number of hydrogen-bond donors (Lipinski definition) is 1. The molecular formula is C24H28N2O5. The maximum absolute atomic E-state index is 12.9. The van der Waals surface area contributed by atoms with Crippen LogP contribution in [0.2, 0.25) is 0 Å². The number of methoxy groups -OCH3 is 3. The molecule has 0 atom stereocenters. The summed E-state index contributed by atoms with van der Waals surface area (Å²) < 4.78 is 16.0. The molecule has 1 fully saturated rings. The lowest BCUT2D eigenvalue weighted by Crippen LogP contribution is -2.33. The molecule has 7 nitrogen and oxygen atoms in total. The third kappa shape index (κ3) is 4.04. The minimum absolute atomic E-state index is 0.158. The van der Waals surface area contributed by atoms with E-state index in [1.807, 2.05) is 23.1 Å². The lowest BCUT2D eigenvalue weighted by molar-refractivity contribution is -0.122. The summed E-state index contributed by atoms with van der Waals surface area (Å²) in [5, 5.41) is 2.93. The number of fused-ring (bicyclic) bond motifs is 1. The Morgan fingerprint density at radius 2 is 1.65 bits per heavy atom. The van der Waals surface area contributed by atoms with E-state index in [9.17, 15) is 9.59 Å². The first-order valence-corrected chi connectivity index (χ1v) is 10.6. The molecule has 31 heavy (non-hydrogen) atoms. The normalized spacial score (nSPS) is 15.5. The number of carbonyl (C=O) groups is 2. The van der Waals surface area contributed by atoms with Crippen molar-refractivity contribution in [3.05, 3.63) is 41.5 Å². The highest BCUT2D eigenvalue weighted by atomic mass is 16.5. The van der Waals surface area contributed by atoms with Crippen molar-refractivity contribution in [3.63, 3.8) is 0 Å². The monoisotopic (exact) mass is 424 g/mol. The van der Waals surface area contributed by atoms with Crippen LogP contribution in [-0.2, 0) is 11.2 Å². The Morgan fingerprint density at radius 1 is 0.968 bits per heavy atom. The van der Waals surface area contributed by atoms with E-state index >= 15 is 0 Å². The predicted molar refractivity (Wildman–Crippen MR) is 119 cm³/mol. The molecule has 0 saturated heterocycles. The Kier molecular flexibility index (Phi) is 6.02. The van der Waals surface area contributed by atoms with Gasteiger partial charge in [0.25, 0.3) is 5.91 Å². The van der Waals surface area contributed by atoms with Gasteiger partial charge in [-0.3, -0.25) is 9.59 Å². The van der Waals surface area contributed by atoms with Crippen molar-refractivity contribution in [2.45, 2.75) is 32.1 Å². The standard InChI is InChI=1S/C24H28N2O5/c1-29-20-13-17(14-21(30-2)22(20)31-3)23(27)25-18-8-9-19-16(12-18)10-11-26(19)24(28)15-6-4-5-7-15/h8-9,12-15H,4-7,10-11H2,1-3H3,(H,25,27). The zero-order valence-corrected chi connectivity index (χ0v) is 18.2. The highest BCUT2D eigenvalue weighted by Gasteiger charge is 2.32. The Labute approximate surface area is 182 Å². The summed E-state index contributed by atoms with van der Waals surface area (Å²) in [6.07, 6.45) is 5.06. The fourth-order valence-corrected chi connectivity index (χ4v) is 4.52. The first-order chi connectivity index (χ1) is 15.0. The number of anilines is 2. The number of nitrogens with one attached hydrogen (secondary N) is 1. The molecule has 0 unspecified atom stereocenters. The van der Waals surface area contributed by atoms with Crippen LogP contribution in [0.1, 0.15) is 41.6 Å². The highest BCUT2D eigenvalue weighted by molar-refractivity contribution is 6.05. The molecule has 2 amide bonds. The van der Waals surface area contributed by atoms with Gasteiger partial charge in [0.2, 0.25) is 11.7 Å². The number of carbonyl (C=O) groups excluding carboxylic acids is 2. The zero-order valence-electron chi connectivity index (χ0n) is 18.2. The molecule has 2 aliphatic rings. The molecule has 1 N–H and O–H groups in total. The number of amides is 2. The predicted octanol–water partition coefficient (Wildman–Crippen LogP) is 4.04. The molecule has 0 aromatic heterocycles. The number of ether oxygens (including phenoxy) is 3. The fourth-order valence-electron chi connectivity index (χ4n) is 4.52. The van der Waals surface area contributed by atoms with Crippen molar-refractivity contribution in [1.82, 2.24) is 0 Å². The van der Waals surface area contributed by atoms with Crippen molar-refractivity contribution in [3.8, 4) is 17.2 Å². The highest BCUT2D eigenvalue weighted by Crippen LogP contribution is 2.39. The Balaban J connectivity index is 1.52. The topological polar surface area (TPSA) is 77.1 Å². The molecule has 2 aromatic carbocycles. The summed E-state index contributed by atoms with van der Waals surface area (Å²) in [4.78, 5) is 27.6. The van der Waals surface area contributed by atoms with Crippen LogP contribution in [0.5, 0.6) is 17.2 Å². The Bertz CT molecular complexity index is 972. The third-order valence-electron chi connectivity index (χ3n) is 6.13. The second kappa shape index (κ2) is 8.88. The van der Waals surface area contributed by atoms with Gasteiger partial charge in [0.1, 0.15) is 0 Å². The molecular weight excluding hydrogens is 396 g/mol. The van der Waals surface area contributed by atoms with Gasteiger partial charge in [-0.15, -0.1) is 0 Å². The van der Waals surface area contributed by atoms with Crippen molar-refractivity contribution >= 4 is 23.2 Å². The van der Waals surface area contributed by atoms with Crippen LogP contribution in [0, 0.1) is 5.92 Å². The first-order valence-electron chi connectivity index (χ1n) is 10.6. The SMILES string of the molecule is COc1cc(C(=O)Nc2ccc3c(c2)CCN3C(=O)C2CCCC2)cc(OC)c1OC. The summed E-state index contributed by atoms with van der Waals surface area (Å²) >= 11 is 0. The van der Waals surface area contributed by atoms with Crippen LogP contribution in [0.25, 0.3) is 0 Å². The van der Waals surface area contributed by atoms with Gasteiger partial charge in [0.05, 0.1) is 21.3 Å². The number of rotatable bonds is 6. The first kappa shape index (κ1) is 21.0. The van der Waals surface area contributed by atoms with Gasteiger partial charge in [0, 0.05) is 29.4 Å². The third-order valence-corrected chi connectivity index (χ3v) is 6.13. The Morgan fingerprint density at radius 3 is 2.26 bits per heavy atom. The number of benzene rings is 2. The fraction of sp³-hybridized carbons (Fsp3) is 0.417. The van der Waals surface area contributed by atoms with Crippen molar-refractivity contribution in [2.24, 2.45) is 5.92 Å². The molecule has 7 heteroatoms. The maximum atomic E-state index is 12.9. The lowest BCUT2D eigenvalue weighted by Gasteiger charge is -2.21. The van der Waals surface area contributed by atoms with E-state index in [1.165, 1.54) is 21.3 Å². The summed E-state index contributed by atoms with van der Waals surface area (Å²) in [7, 11) is 4.54. The minimum Gasteiger partial charge on any atom is -0.493 e. The van der Waals surface area contributed by atoms with Crippen LogP contribution in [0.3, 0.4) is 0 Å². The van der Waals surface area contributed by atoms with Crippen LogP contribution in [0.15, 0.2) is 30.3 Å². The molecule has 0 bridgehead atoms. The smallest absolute Gasteiger partial charge is 0.255 e. The molecule has 1 saturated carbocycles. The van der Waals surface area contributed by atoms with Gasteiger partial charge in [-0.1, -0.05) is 12.8 Å². The quantitative estimate of drug-likeness (QED) is 0.757. The number of hydrogen-bond acceptors (Lipinski definition) is 5. The van der Waals surface area contributed by atoms with E-state index in [4.69, 9.17) is 14.2 Å². The maximum Gasteiger partial charge on any atom is 0.255 e. The van der Waals surface area contributed by atoms with E-state index in [0.717, 1.165) is 43.4 Å². The molecule has 4 rings (SSSR count). The summed E-state index contributed by atoms with van der Waals surface area (Å²) in [6.45, 7) is 0.703. The molecule has 1 aliphatic carbocycles. The van der Waals surface area contributed by atoms with Crippen LogP contribution >= 0.6 is 0 Å². The van der Waals surface area contributed by atoms with E-state index in [2.05, 4.69) is 5.32 Å². The largest absolute Gasteiger partial charge is 0.493 e.